The highest BCUT2D eigenvalue weighted by atomic mass is 19.1. The highest BCUT2D eigenvalue weighted by molar-refractivity contribution is 5.73. The molecule has 0 saturated carbocycles. The minimum atomic E-state index is -0.887. The molecule has 0 radical (unpaired) electrons. The van der Waals surface area contributed by atoms with Crippen LogP contribution in [-0.4, -0.2) is 27.5 Å². The molecule has 25 heavy (non-hydrogen) atoms. The molecule has 0 aliphatic carbocycles. The lowest BCUT2D eigenvalue weighted by atomic mass is 10.1. The summed E-state index contributed by atoms with van der Waals surface area (Å²) in [6.45, 7) is 4.52. The number of nitrogens with zero attached hydrogens (tertiary/aromatic N) is 2. The van der Waals surface area contributed by atoms with E-state index in [0.717, 1.165) is 29.8 Å². The van der Waals surface area contributed by atoms with Crippen LogP contribution in [-0.2, 0) is 26.4 Å². The van der Waals surface area contributed by atoms with Crippen LogP contribution in [0.15, 0.2) is 24.3 Å². The first-order valence-electron chi connectivity index (χ1n) is 8.45. The lowest BCUT2D eigenvalue weighted by Gasteiger charge is -2.13. The molecule has 0 aliphatic heterocycles. The summed E-state index contributed by atoms with van der Waals surface area (Å²) >= 11 is 0. The largest absolute Gasteiger partial charge is 0.387 e. The summed E-state index contributed by atoms with van der Waals surface area (Å²) in [5.41, 5.74) is 3.67. The van der Waals surface area contributed by atoms with E-state index in [4.69, 9.17) is 0 Å². The van der Waals surface area contributed by atoms with E-state index in [1.807, 2.05) is 18.7 Å². The van der Waals surface area contributed by atoms with Crippen molar-refractivity contribution < 1.29 is 14.3 Å². The van der Waals surface area contributed by atoms with Gasteiger partial charge in [-0.3, -0.25) is 4.68 Å². The minimum Gasteiger partial charge on any atom is -0.387 e. The van der Waals surface area contributed by atoms with Gasteiger partial charge in [0.1, 0.15) is 5.82 Å². The quantitative estimate of drug-likeness (QED) is 0.718. The Morgan fingerprint density at radius 2 is 1.92 bits per heavy atom. The third-order valence-corrected chi connectivity index (χ3v) is 4.16. The molecule has 6 nitrogen and oxygen atoms in total. The Kier molecular flexibility index (Phi) is 6.52. The first kappa shape index (κ1) is 18.9. The van der Waals surface area contributed by atoms with E-state index in [2.05, 4.69) is 22.7 Å². The van der Waals surface area contributed by atoms with Crippen LogP contribution in [0.1, 0.15) is 42.5 Å². The van der Waals surface area contributed by atoms with Gasteiger partial charge in [0.2, 0.25) is 0 Å². The number of aliphatic hydroxyl groups is 1. The molecule has 0 fully saturated rings. The first-order chi connectivity index (χ1) is 12.0. The average molecular weight is 348 g/mol. The van der Waals surface area contributed by atoms with E-state index < -0.39 is 6.10 Å². The fraction of sp³-hybridized carbons (Fsp3) is 0.444. The van der Waals surface area contributed by atoms with Gasteiger partial charge in [-0.25, -0.2) is 9.18 Å². The third kappa shape index (κ3) is 4.79. The van der Waals surface area contributed by atoms with Crippen molar-refractivity contribution in [3.8, 4) is 0 Å². The van der Waals surface area contributed by atoms with Crippen LogP contribution in [0, 0.1) is 5.82 Å². The number of halogens is 1. The van der Waals surface area contributed by atoms with Gasteiger partial charge >= 0.3 is 6.03 Å². The zero-order valence-electron chi connectivity index (χ0n) is 14.8. The molecule has 1 unspecified atom stereocenters. The molecule has 1 heterocycles. The van der Waals surface area contributed by atoms with Crippen LogP contribution in [0.2, 0.25) is 0 Å². The van der Waals surface area contributed by atoms with Crippen molar-refractivity contribution in [3.05, 3.63) is 52.6 Å². The number of urea groups is 1. The number of hydrogen-bond acceptors (Lipinski definition) is 3. The van der Waals surface area contributed by atoms with E-state index in [-0.39, 0.29) is 18.4 Å². The van der Waals surface area contributed by atoms with E-state index in [1.165, 1.54) is 24.3 Å². The van der Waals surface area contributed by atoms with Crippen LogP contribution in [0.25, 0.3) is 0 Å². The topological polar surface area (TPSA) is 79.2 Å². The maximum atomic E-state index is 12.9. The van der Waals surface area contributed by atoms with Gasteiger partial charge in [-0.1, -0.05) is 26.0 Å². The number of rotatable bonds is 7. The Morgan fingerprint density at radius 1 is 1.24 bits per heavy atom. The van der Waals surface area contributed by atoms with E-state index >= 15 is 0 Å². The summed E-state index contributed by atoms with van der Waals surface area (Å²) in [5.74, 6) is -0.364. The third-order valence-electron chi connectivity index (χ3n) is 4.16. The van der Waals surface area contributed by atoms with Crippen molar-refractivity contribution in [2.24, 2.45) is 7.05 Å². The molecule has 0 bridgehead atoms. The highest BCUT2D eigenvalue weighted by Crippen LogP contribution is 2.15. The second-order valence-electron chi connectivity index (χ2n) is 5.83. The Labute approximate surface area is 147 Å². The minimum absolute atomic E-state index is 0.0474. The van der Waals surface area contributed by atoms with Gasteiger partial charge in [-0.2, -0.15) is 5.10 Å². The standard InChI is InChI=1S/C18H25FN4O2/c1-4-15-14(16(5-2)23(3)22-15)10-20-18(25)21-11-17(24)12-6-8-13(19)9-7-12/h6-9,17,24H,4-5,10-11H2,1-3H3,(H2,20,21,25). The molecule has 2 amide bonds. The van der Waals surface area contributed by atoms with Gasteiger partial charge < -0.3 is 15.7 Å². The van der Waals surface area contributed by atoms with Gasteiger partial charge in [0, 0.05) is 31.4 Å². The molecule has 0 spiro atoms. The number of hydrogen-bond donors (Lipinski definition) is 3. The number of benzene rings is 1. The lowest BCUT2D eigenvalue weighted by molar-refractivity contribution is 0.173. The van der Waals surface area contributed by atoms with Gasteiger partial charge in [0.05, 0.1) is 11.8 Å². The Morgan fingerprint density at radius 3 is 2.52 bits per heavy atom. The van der Waals surface area contributed by atoms with Crippen molar-refractivity contribution in [1.29, 1.82) is 0 Å². The van der Waals surface area contributed by atoms with Gasteiger partial charge in [-0.15, -0.1) is 0 Å². The zero-order valence-corrected chi connectivity index (χ0v) is 14.8. The number of nitrogens with one attached hydrogen (secondary N) is 2. The second kappa shape index (κ2) is 8.62. The average Bonchev–Trinajstić information content (AvgIpc) is 2.93. The lowest BCUT2D eigenvalue weighted by Crippen LogP contribution is -2.37. The monoisotopic (exact) mass is 348 g/mol. The number of amides is 2. The number of carbonyl (C=O) groups is 1. The maximum absolute atomic E-state index is 12.9. The van der Waals surface area contributed by atoms with Crippen LogP contribution >= 0.6 is 0 Å². The van der Waals surface area contributed by atoms with E-state index in [9.17, 15) is 14.3 Å². The number of carbonyl (C=O) groups excluding carboxylic acids is 1. The van der Waals surface area contributed by atoms with Crippen LogP contribution in [0.4, 0.5) is 9.18 Å². The smallest absolute Gasteiger partial charge is 0.315 e. The fourth-order valence-electron chi connectivity index (χ4n) is 2.82. The summed E-state index contributed by atoms with van der Waals surface area (Å²) in [6.07, 6.45) is 0.753. The number of aliphatic hydroxyl groups excluding tert-OH is 1. The summed E-state index contributed by atoms with van der Waals surface area (Å²) in [4.78, 5) is 12.0. The summed E-state index contributed by atoms with van der Waals surface area (Å²) < 4.78 is 14.7. The predicted molar refractivity (Wildman–Crippen MR) is 93.6 cm³/mol. The fourth-order valence-corrected chi connectivity index (χ4v) is 2.82. The van der Waals surface area contributed by atoms with Crippen molar-refractivity contribution in [2.75, 3.05) is 6.54 Å². The van der Waals surface area contributed by atoms with Crippen LogP contribution in [0.5, 0.6) is 0 Å². The van der Waals surface area contributed by atoms with Gasteiger partial charge in [0.15, 0.2) is 0 Å². The molecule has 7 heteroatoms. The molecule has 3 N–H and O–H groups in total. The molecule has 1 aromatic heterocycles. The normalized spacial score (nSPS) is 12.0. The van der Waals surface area contributed by atoms with Crippen LogP contribution < -0.4 is 10.6 Å². The van der Waals surface area contributed by atoms with Gasteiger partial charge in [-0.05, 0) is 30.5 Å². The van der Waals surface area contributed by atoms with Crippen molar-refractivity contribution in [2.45, 2.75) is 39.3 Å². The van der Waals surface area contributed by atoms with Crippen molar-refractivity contribution >= 4 is 6.03 Å². The summed E-state index contributed by atoms with van der Waals surface area (Å²) in [7, 11) is 1.90. The molecule has 0 saturated heterocycles. The number of aryl methyl sites for hydroxylation is 2. The molecule has 2 aromatic rings. The molecular weight excluding hydrogens is 323 g/mol. The zero-order chi connectivity index (χ0) is 18.4. The molecule has 2 rings (SSSR count). The second-order valence-corrected chi connectivity index (χ2v) is 5.83. The van der Waals surface area contributed by atoms with E-state index in [1.54, 1.807) is 0 Å². The Bertz CT molecular complexity index is 713. The Balaban J connectivity index is 1.88. The number of aromatic nitrogens is 2. The SMILES string of the molecule is CCc1nn(C)c(CC)c1CNC(=O)NCC(O)c1ccc(F)cc1. The Hall–Kier alpha value is -2.41. The van der Waals surface area contributed by atoms with Gasteiger partial charge in [0.25, 0.3) is 0 Å². The molecule has 0 aliphatic rings. The van der Waals surface area contributed by atoms with Crippen LogP contribution in [0.3, 0.4) is 0 Å². The molecular formula is C18H25FN4O2. The highest BCUT2D eigenvalue weighted by Gasteiger charge is 2.15. The maximum Gasteiger partial charge on any atom is 0.315 e. The van der Waals surface area contributed by atoms with Crippen molar-refractivity contribution in [3.63, 3.8) is 0 Å². The first-order valence-corrected chi connectivity index (χ1v) is 8.45. The van der Waals surface area contributed by atoms with Crippen molar-refractivity contribution in [1.82, 2.24) is 20.4 Å². The molecule has 1 aromatic carbocycles. The summed E-state index contributed by atoms with van der Waals surface area (Å²) in [6, 6.07) is 5.18. The summed E-state index contributed by atoms with van der Waals surface area (Å²) in [5, 5.41) is 19.9. The molecule has 136 valence electrons. The molecule has 1 atom stereocenters. The predicted octanol–water partition coefficient (Wildman–Crippen LogP) is 2.22. The van der Waals surface area contributed by atoms with E-state index in [0.29, 0.717) is 12.1 Å².